The third-order valence-corrected chi connectivity index (χ3v) is 7.09. The van der Waals surface area contributed by atoms with Crippen LogP contribution in [-0.4, -0.2) is 85.2 Å². The van der Waals surface area contributed by atoms with E-state index in [1.807, 2.05) is 18.0 Å². The van der Waals surface area contributed by atoms with Crippen molar-refractivity contribution in [3.8, 4) is 0 Å². The fourth-order valence-corrected chi connectivity index (χ4v) is 4.59. The zero-order chi connectivity index (χ0) is 24.7. The summed E-state index contributed by atoms with van der Waals surface area (Å²) in [6, 6.07) is 0.796. The van der Waals surface area contributed by atoms with E-state index in [0.29, 0.717) is 36.6 Å². The summed E-state index contributed by atoms with van der Waals surface area (Å²) in [5.74, 6) is 1.49. The van der Waals surface area contributed by atoms with Gasteiger partial charge in [-0.2, -0.15) is 0 Å². The fraction of sp³-hybridized carbons (Fsp3) is 0.654. The summed E-state index contributed by atoms with van der Waals surface area (Å²) in [7, 11) is 3.06. The number of hydrogen-bond donors (Lipinski definition) is 0. The first-order valence-corrected chi connectivity index (χ1v) is 12.5. The molecule has 1 aromatic heterocycles. The Labute approximate surface area is 204 Å². The van der Waals surface area contributed by atoms with Gasteiger partial charge in [0.05, 0.1) is 14.2 Å². The van der Waals surface area contributed by atoms with Crippen molar-refractivity contribution in [2.24, 2.45) is 0 Å². The summed E-state index contributed by atoms with van der Waals surface area (Å²) >= 11 is 0. The first-order valence-electron chi connectivity index (χ1n) is 12.5. The van der Waals surface area contributed by atoms with E-state index in [9.17, 15) is 4.79 Å². The maximum absolute atomic E-state index is 13.3. The number of allylic oxidation sites excluding steroid dienone is 1. The van der Waals surface area contributed by atoms with Crippen LogP contribution in [0.4, 0.5) is 5.95 Å². The highest BCUT2D eigenvalue weighted by atomic mass is 16.5. The average molecular weight is 472 g/mol. The van der Waals surface area contributed by atoms with Gasteiger partial charge in [0.25, 0.3) is 5.91 Å². The molecule has 8 heteroatoms. The van der Waals surface area contributed by atoms with Crippen LogP contribution in [0.1, 0.15) is 50.8 Å². The number of piperazine rings is 1. The molecule has 1 aliphatic heterocycles. The van der Waals surface area contributed by atoms with Gasteiger partial charge in [-0.25, -0.2) is 9.97 Å². The predicted molar refractivity (Wildman–Crippen MR) is 135 cm³/mol. The van der Waals surface area contributed by atoms with Gasteiger partial charge in [0.1, 0.15) is 17.1 Å². The van der Waals surface area contributed by atoms with Crippen LogP contribution in [0.5, 0.6) is 0 Å². The molecule has 2 aliphatic rings. The van der Waals surface area contributed by atoms with E-state index in [-0.39, 0.29) is 5.91 Å². The summed E-state index contributed by atoms with van der Waals surface area (Å²) in [6.07, 6.45) is 7.54. The van der Waals surface area contributed by atoms with Crippen LogP contribution in [-0.2, 0) is 20.7 Å². The maximum atomic E-state index is 13.3. The van der Waals surface area contributed by atoms with Crippen molar-refractivity contribution in [2.75, 3.05) is 58.4 Å². The smallest absolute Gasteiger partial charge is 0.261 e. The highest BCUT2D eigenvalue weighted by Crippen LogP contribution is 2.26. The molecular formula is C26H41N5O3. The number of aryl methyl sites for hydroxylation is 1. The maximum Gasteiger partial charge on any atom is 0.261 e. The molecule has 1 amide bonds. The molecular weight excluding hydrogens is 430 g/mol. The minimum absolute atomic E-state index is 0.132. The van der Waals surface area contributed by atoms with E-state index in [2.05, 4.69) is 28.3 Å². The Bertz CT molecular complexity index is 888. The number of carbonyl (C=O) groups excluding carboxylic acids is 1. The molecule has 8 nitrogen and oxygen atoms in total. The number of rotatable bonds is 11. The van der Waals surface area contributed by atoms with E-state index in [4.69, 9.17) is 14.5 Å². The Morgan fingerprint density at radius 1 is 1.18 bits per heavy atom. The zero-order valence-corrected chi connectivity index (χ0v) is 21.6. The summed E-state index contributed by atoms with van der Waals surface area (Å²) < 4.78 is 10.6. The van der Waals surface area contributed by atoms with Gasteiger partial charge in [0, 0.05) is 57.2 Å². The SMILES string of the molecule is C=C(OC)/C(C(=O)N(CCC)CCc1cnc(N2CCN(C3CCC3)CC2)nc1C)=C(\C)OC. The van der Waals surface area contributed by atoms with Crippen LogP contribution >= 0.6 is 0 Å². The molecule has 0 atom stereocenters. The normalized spacial score (nSPS) is 17.6. The summed E-state index contributed by atoms with van der Waals surface area (Å²) in [5, 5.41) is 0. The van der Waals surface area contributed by atoms with Crippen LogP contribution in [0, 0.1) is 6.92 Å². The highest BCUT2D eigenvalue weighted by Gasteiger charge is 2.29. The van der Waals surface area contributed by atoms with Crippen LogP contribution in [0.3, 0.4) is 0 Å². The Kier molecular flexibility index (Phi) is 9.33. The second-order valence-electron chi connectivity index (χ2n) is 9.19. The van der Waals surface area contributed by atoms with Crippen molar-refractivity contribution in [3.63, 3.8) is 0 Å². The molecule has 0 unspecified atom stereocenters. The lowest BCUT2D eigenvalue weighted by Gasteiger charge is -2.42. The third kappa shape index (κ3) is 6.09. The third-order valence-electron chi connectivity index (χ3n) is 7.09. The quantitative estimate of drug-likeness (QED) is 0.279. The van der Waals surface area contributed by atoms with Crippen LogP contribution in [0.25, 0.3) is 0 Å². The monoisotopic (exact) mass is 471 g/mol. The molecule has 0 radical (unpaired) electrons. The first kappa shape index (κ1) is 26.0. The lowest BCUT2D eigenvalue weighted by atomic mass is 9.91. The van der Waals surface area contributed by atoms with Gasteiger partial charge in [-0.1, -0.05) is 19.9 Å². The standard InChI is InChI=1S/C26H41N5O3/c1-7-12-30(25(32)24(20(3)33-5)21(4)34-6)13-11-22-18-27-26(28-19(22)2)31-16-14-29(15-17-31)23-9-8-10-23/h18,23H,3,7-17H2,1-2,4-6H3/b24-21-. The summed E-state index contributed by atoms with van der Waals surface area (Å²) in [4.78, 5) is 29.5. The molecule has 0 spiro atoms. The number of nitrogens with zero attached hydrogens (tertiary/aromatic N) is 5. The van der Waals surface area contributed by atoms with Gasteiger partial charge in [0.2, 0.25) is 5.95 Å². The Morgan fingerprint density at radius 3 is 2.41 bits per heavy atom. The molecule has 3 rings (SSSR count). The van der Waals surface area contributed by atoms with Gasteiger partial charge in [-0.15, -0.1) is 0 Å². The average Bonchev–Trinajstić information content (AvgIpc) is 2.81. The Hall–Kier alpha value is -2.61. The zero-order valence-electron chi connectivity index (χ0n) is 21.6. The molecule has 188 valence electrons. The number of amides is 1. The van der Waals surface area contributed by atoms with E-state index in [1.54, 1.807) is 14.0 Å². The lowest BCUT2D eigenvalue weighted by molar-refractivity contribution is -0.127. The van der Waals surface area contributed by atoms with Crippen molar-refractivity contribution in [3.05, 3.63) is 41.1 Å². The number of hydrogen-bond acceptors (Lipinski definition) is 7. The van der Waals surface area contributed by atoms with E-state index in [1.165, 1.54) is 26.4 Å². The van der Waals surface area contributed by atoms with Crippen LogP contribution in [0.2, 0.25) is 0 Å². The minimum Gasteiger partial charge on any atom is -0.500 e. The van der Waals surface area contributed by atoms with Crippen molar-refractivity contribution in [2.45, 2.75) is 58.9 Å². The number of ether oxygens (including phenoxy) is 2. The van der Waals surface area contributed by atoms with Gasteiger partial charge in [-0.3, -0.25) is 9.69 Å². The number of aromatic nitrogens is 2. The molecule has 0 aromatic carbocycles. The summed E-state index contributed by atoms with van der Waals surface area (Å²) in [6.45, 7) is 15.1. The number of carbonyl (C=O) groups is 1. The second-order valence-corrected chi connectivity index (χ2v) is 9.19. The van der Waals surface area contributed by atoms with E-state index < -0.39 is 0 Å². The van der Waals surface area contributed by atoms with Gasteiger partial charge in [0.15, 0.2) is 0 Å². The van der Waals surface area contributed by atoms with Crippen LogP contribution < -0.4 is 4.90 Å². The number of methoxy groups -OCH3 is 2. The lowest BCUT2D eigenvalue weighted by Crippen LogP contribution is -2.52. The van der Waals surface area contributed by atoms with Crippen molar-refractivity contribution < 1.29 is 14.3 Å². The van der Waals surface area contributed by atoms with Gasteiger partial charge < -0.3 is 19.3 Å². The topological polar surface area (TPSA) is 71.0 Å². The van der Waals surface area contributed by atoms with Crippen molar-refractivity contribution in [1.29, 1.82) is 0 Å². The minimum atomic E-state index is -0.132. The van der Waals surface area contributed by atoms with Gasteiger partial charge in [-0.05, 0) is 45.1 Å². The predicted octanol–water partition coefficient (Wildman–Crippen LogP) is 3.32. The molecule has 1 aliphatic carbocycles. The van der Waals surface area contributed by atoms with Crippen molar-refractivity contribution >= 4 is 11.9 Å². The van der Waals surface area contributed by atoms with Crippen LogP contribution in [0.15, 0.2) is 29.9 Å². The van der Waals surface area contributed by atoms with Crippen molar-refractivity contribution in [1.82, 2.24) is 19.8 Å². The van der Waals surface area contributed by atoms with Gasteiger partial charge >= 0.3 is 0 Å². The molecule has 0 N–H and O–H groups in total. The summed E-state index contributed by atoms with van der Waals surface area (Å²) in [5.41, 5.74) is 2.41. The first-order chi connectivity index (χ1) is 16.4. The fourth-order valence-electron chi connectivity index (χ4n) is 4.59. The number of anilines is 1. The largest absolute Gasteiger partial charge is 0.500 e. The molecule has 1 saturated carbocycles. The molecule has 0 bridgehead atoms. The molecule has 2 heterocycles. The molecule has 1 saturated heterocycles. The molecule has 1 aromatic rings. The van der Waals surface area contributed by atoms with E-state index >= 15 is 0 Å². The second kappa shape index (κ2) is 12.2. The highest BCUT2D eigenvalue weighted by molar-refractivity contribution is 5.97. The Balaban J connectivity index is 1.63. The van der Waals surface area contributed by atoms with E-state index in [0.717, 1.165) is 55.8 Å². The molecule has 34 heavy (non-hydrogen) atoms. The molecule has 2 fully saturated rings. The Morgan fingerprint density at radius 2 is 1.88 bits per heavy atom.